The lowest BCUT2D eigenvalue weighted by Gasteiger charge is -2.62. The van der Waals surface area contributed by atoms with Crippen LogP contribution in [0.15, 0.2) is 0 Å². The molecule has 0 unspecified atom stereocenters. The molecule has 0 radical (unpaired) electrons. The zero-order valence-corrected chi connectivity index (χ0v) is 15.5. The van der Waals surface area contributed by atoms with Crippen LogP contribution in [0, 0.1) is 40.4 Å². The Balaban J connectivity index is 1.72. The molecule has 0 spiro atoms. The van der Waals surface area contributed by atoms with Crippen molar-refractivity contribution in [3.63, 3.8) is 0 Å². The number of carbonyl (C=O) groups excluding carboxylic acids is 2. The average molecular weight is 332 g/mol. The van der Waals surface area contributed by atoms with Crippen LogP contribution in [0.2, 0.25) is 0 Å². The third-order valence-electron chi connectivity index (χ3n) is 8.76. The summed E-state index contributed by atoms with van der Waals surface area (Å²) in [5, 5.41) is 0. The summed E-state index contributed by atoms with van der Waals surface area (Å²) in [4.78, 5) is 24.8. The molecule has 0 amide bonds. The van der Waals surface area contributed by atoms with Gasteiger partial charge in [0.1, 0.15) is 11.6 Å². The quantitative estimate of drug-likeness (QED) is 0.766. The van der Waals surface area contributed by atoms with Gasteiger partial charge in [0.2, 0.25) is 0 Å². The normalized spacial score (nSPS) is 51.0. The molecule has 0 heterocycles. The van der Waals surface area contributed by atoms with Gasteiger partial charge in [0, 0.05) is 37.2 Å². The van der Waals surface area contributed by atoms with Gasteiger partial charge in [0.05, 0.1) is 6.61 Å². The van der Waals surface area contributed by atoms with Gasteiger partial charge in [0.25, 0.3) is 0 Å². The van der Waals surface area contributed by atoms with Crippen molar-refractivity contribution in [2.45, 2.75) is 65.2 Å². The maximum absolute atomic E-state index is 12.5. The minimum atomic E-state index is -0.0595. The molecular weight excluding hydrogens is 300 g/mol. The largest absolute Gasteiger partial charge is 0.384 e. The summed E-state index contributed by atoms with van der Waals surface area (Å²) in [7, 11) is 1.82. The maximum Gasteiger partial charge on any atom is 0.139 e. The van der Waals surface area contributed by atoms with E-state index >= 15 is 0 Å². The SMILES string of the molecule is COC[C@]12[C@@H](CC[C@@H]3[C@@H]1CC[C@]1(C)C(=O)CC[C@@H]31)CC(=O)C[C@H]2C. The lowest BCUT2D eigenvalue weighted by atomic mass is 9.42. The summed E-state index contributed by atoms with van der Waals surface area (Å²) in [6.45, 7) is 5.33. The monoisotopic (exact) mass is 332 g/mol. The first-order valence-corrected chi connectivity index (χ1v) is 9.97. The van der Waals surface area contributed by atoms with Crippen molar-refractivity contribution in [1.29, 1.82) is 0 Å². The van der Waals surface area contributed by atoms with Crippen molar-refractivity contribution < 1.29 is 14.3 Å². The number of hydrogen-bond acceptors (Lipinski definition) is 3. The summed E-state index contributed by atoms with van der Waals surface area (Å²) in [5.74, 6) is 3.76. The Bertz CT molecular complexity index is 555. The molecule has 0 saturated heterocycles. The van der Waals surface area contributed by atoms with Crippen LogP contribution in [0.25, 0.3) is 0 Å². The predicted molar refractivity (Wildman–Crippen MR) is 92.5 cm³/mol. The Morgan fingerprint density at radius 3 is 2.62 bits per heavy atom. The average Bonchev–Trinajstić information content (AvgIpc) is 2.84. The van der Waals surface area contributed by atoms with Crippen LogP contribution >= 0.6 is 0 Å². The first-order chi connectivity index (χ1) is 11.4. The fraction of sp³-hybridized carbons (Fsp3) is 0.905. The molecule has 4 saturated carbocycles. The number of Topliss-reactive ketones (excluding diaryl/α,β-unsaturated/α-hetero) is 2. The van der Waals surface area contributed by atoms with E-state index in [-0.39, 0.29) is 10.8 Å². The summed E-state index contributed by atoms with van der Waals surface area (Å²) >= 11 is 0. The third-order valence-corrected chi connectivity index (χ3v) is 8.76. The molecule has 4 aliphatic carbocycles. The van der Waals surface area contributed by atoms with Crippen molar-refractivity contribution >= 4 is 11.6 Å². The number of fused-ring (bicyclic) bond motifs is 5. The van der Waals surface area contributed by atoms with Gasteiger partial charge >= 0.3 is 0 Å². The molecule has 0 aromatic heterocycles. The molecule has 0 bridgehead atoms. The highest BCUT2D eigenvalue weighted by atomic mass is 16.5. The molecule has 4 fully saturated rings. The first kappa shape index (κ1) is 16.8. The Hall–Kier alpha value is -0.700. The molecule has 0 N–H and O–H groups in total. The van der Waals surface area contributed by atoms with Crippen molar-refractivity contribution in [1.82, 2.24) is 0 Å². The second-order valence-electron chi connectivity index (χ2n) is 9.46. The molecule has 3 heteroatoms. The lowest BCUT2D eigenvalue weighted by Crippen LogP contribution is -2.59. The van der Waals surface area contributed by atoms with E-state index in [9.17, 15) is 9.59 Å². The molecule has 4 aliphatic rings. The van der Waals surface area contributed by atoms with Crippen LogP contribution in [-0.4, -0.2) is 25.3 Å². The highest BCUT2D eigenvalue weighted by molar-refractivity contribution is 5.87. The van der Waals surface area contributed by atoms with Gasteiger partial charge in [0.15, 0.2) is 0 Å². The van der Waals surface area contributed by atoms with Crippen LogP contribution in [-0.2, 0) is 14.3 Å². The zero-order valence-electron chi connectivity index (χ0n) is 15.5. The Morgan fingerprint density at radius 2 is 1.88 bits per heavy atom. The van der Waals surface area contributed by atoms with Gasteiger partial charge in [-0.1, -0.05) is 13.8 Å². The molecule has 134 valence electrons. The summed E-state index contributed by atoms with van der Waals surface area (Å²) in [6, 6.07) is 0. The molecule has 0 aromatic carbocycles. The number of ketones is 2. The number of methoxy groups -OCH3 is 1. The Kier molecular flexibility index (Phi) is 3.95. The summed E-state index contributed by atoms with van der Waals surface area (Å²) < 4.78 is 5.78. The fourth-order valence-electron chi connectivity index (χ4n) is 7.66. The standard InChI is InChI=1S/C21H32O3/c1-13-10-15(22)11-14-4-5-16-17-6-7-19(23)20(17,2)9-8-18(16)21(13,14)12-24-3/h13-14,16-18H,4-12H2,1-3H3/t13-,14+,16+,17+,18+,20+,21+/m1/s1. The van der Waals surface area contributed by atoms with Crippen molar-refractivity contribution in [3.05, 3.63) is 0 Å². The van der Waals surface area contributed by atoms with E-state index in [1.807, 2.05) is 7.11 Å². The number of carbonyl (C=O) groups is 2. The highest BCUT2D eigenvalue weighted by Gasteiger charge is 2.63. The van der Waals surface area contributed by atoms with Gasteiger partial charge < -0.3 is 4.74 Å². The Labute approximate surface area is 145 Å². The van der Waals surface area contributed by atoms with E-state index < -0.39 is 0 Å². The third kappa shape index (κ3) is 2.06. The van der Waals surface area contributed by atoms with Gasteiger partial charge in [-0.15, -0.1) is 0 Å². The van der Waals surface area contributed by atoms with E-state index in [4.69, 9.17) is 4.74 Å². The van der Waals surface area contributed by atoms with Crippen LogP contribution < -0.4 is 0 Å². The van der Waals surface area contributed by atoms with Crippen LogP contribution in [0.1, 0.15) is 65.2 Å². The maximum atomic E-state index is 12.5. The van der Waals surface area contributed by atoms with Gasteiger partial charge in [-0.05, 0) is 61.7 Å². The molecule has 0 aromatic rings. The molecule has 3 nitrogen and oxygen atoms in total. The summed E-state index contributed by atoms with van der Waals surface area (Å²) in [6.07, 6.45) is 7.95. The number of rotatable bonds is 2. The highest BCUT2D eigenvalue weighted by Crippen LogP contribution is 2.66. The minimum absolute atomic E-state index is 0.0595. The molecule has 4 rings (SSSR count). The first-order valence-electron chi connectivity index (χ1n) is 9.97. The molecule has 0 aliphatic heterocycles. The second-order valence-corrected chi connectivity index (χ2v) is 9.46. The van der Waals surface area contributed by atoms with Crippen molar-refractivity contribution in [3.8, 4) is 0 Å². The van der Waals surface area contributed by atoms with E-state index in [2.05, 4.69) is 13.8 Å². The lowest BCUT2D eigenvalue weighted by molar-refractivity contribution is -0.172. The molecular formula is C21H32O3. The molecule has 7 atom stereocenters. The minimum Gasteiger partial charge on any atom is -0.384 e. The second kappa shape index (κ2) is 5.65. The topological polar surface area (TPSA) is 43.4 Å². The zero-order chi connectivity index (χ0) is 17.1. The predicted octanol–water partition coefficient (Wildman–Crippen LogP) is 4.04. The smallest absolute Gasteiger partial charge is 0.139 e. The van der Waals surface area contributed by atoms with E-state index in [1.54, 1.807) is 0 Å². The fourth-order valence-corrected chi connectivity index (χ4v) is 7.66. The van der Waals surface area contributed by atoms with Gasteiger partial charge in [-0.3, -0.25) is 9.59 Å². The van der Waals surface area contributed by atoms with Crippen LogP contribution in [0.5, 0.6) is 0 Å². The van der Waals surface area contributed by atoms with E-state index in [1.165, 1.54) is 6.42 Å². The molecule has 24 heavy (non-hydrogen) atoms. The Morgan fingerprint density at radius 1 is 1.08 bits per heavy atom. The van der Waals surface area contributed by atoms with Gasteiger partial charge in [-0.2, -0.15) is 0 Å². The van der Waals surface area contributed by atoms with E-state index in [0.29, 0.717) is 41.2 Å². The van der Waals surface area contributed by atoms with E-state index in [0.717, 1.165) is 51.6 Å². The van der Waals surface area contributed by atoms with Crippen molar-refractivity contribution in [2.24, 2.45) is 40.4 Å². The number of hydrogen-bond donors (Lipinski definition) is 0. The number of ether oxygens (including phenoxy) is 1. The van der Waals surface area contributed by atoms with Crippen LogP contribution in [0.3, 0.4) is 0 Å². The summed E-state index contributed by atoms with van der Waals surface area (Å²) in [5.41, 5.74) is 0.106. The van der Waals surface area contributed by atoms with Gasteiger partial charge in [-0.25, -0.2) is 0 Å². The van der Waals surface area contributed by atoms with Crippen LogP contribution in [0.4, 0.5) is 0 Å². The van der Waals surface area contributed by atoms with Crippen molar-refractivity contribution in [2.75, 3.05) is 13.7 Å².